The van der Waals surface area contributed by atoms with Gasteiger partial charge in [-0.3, -0.25) is 0 Å². The minimum absolute atomic E-state index is 1.08. The normalized spacial score (nSPS) is 11.5. The average molecular weight is 373 g/mol. The first kappa shape index (κ1) is 15.7. The number of thiazole rings is 2. The van der Waals surface area contributed by atoms with Crippen LogP contribution in [0.15, 0.2) is 60.7 Å². The van der Waals surface area contributed by atoms with Gasteiger partial charge in [0.05, 0.1) is 20.4 Å². The van der Waals surface area contributed by atoms with E-state index in [1.54, 1.807) is 22.7 Å². The van der Waals surface area contributed by atoms with Gasteiger partial charge in [0.15, 0.2) is 0 Å². The highest BCUT2D eigenvalue weighted by atomic mass is 32.1. The molecular weight excluding hydrogens is 356 g/mol. The van der Waals surface area contributed by atoms with Crippen LogP contribution in [-0.2, 0) is 0 Å². The molecule has 0 saturated carbocycles. The number of aromatic nitrogens is 2. The molecule has 0 bridgehead atoms. The van der Waals surface area contributed by atoms with Crippen LogP contribution in [0.3, 0.4) is 0 Å². The second-order valence-corrected chi connectivity index (χ2v) is 8.37. The molecule has 0 atom stereocenters. The zero-order chi connectivity index (χ0) is 17.7. The third-order valence-electron chi connectivity index (χ3n) is 4.69. The van der Waals surface area contributed by atoms with Crippen molar-refractivity contribution in [3.05, 3.63) is 71.8 Å². The Kier molecular flexibility index (Phi) is 3.62. The molecule has 2 aromatic heterocycles. The third-order valence-corrected chi connectivity index (χ3v) is 7.14. The van der Waals surface area contributed by atoms with Crippen molar-refractivity contribution in [3.63, 3.8) is 0 Å². The minimum Gasteiger partial charge on any atom is -0.236 e. The van der Waals surface area contributed by atoms with Crippen molar-refractivity contribution in [2.75, 3.05) is 0 Å². The maximum Gasteiger partial charge on any atom is 0.124 e. The standard InChI is InChI=1S/C22H16N2S2/c1-13-17-19(25-21(23-17)15-9-5-3-6-10-15)14(2)20-18(13)24-22(26-20)16-11-7-4-8-12-16/h3-12H,1-2H3. The molecule has 0 aliphatic heterocycles. The predicted octanol–water partition coefficient (Wildman–Crippen LogP) is 6.86. The molecule has 0 spiro atoms. The fraction of sp³-hybridized carbons (Fsp3) is 0.0909. The van der Waals surface area contributed by atoms with Crippen molar-refractivity contribution in [2.45, 2.75) is 13.8 Å². The summed E-state index contributed by atoms with van der Waals surface area (Å²) < 4.78 is 2.55. The van der Waals surface area contributed by atoms with E-state index in [1.807, 2.05) is 12.1 Å². The Morgan fingerprint density at radius 3 is 1.42 bits per heavy atom. The van der Waals surface area contributed by atoms with E-state index < -0.39 is 0 Å². The molecule has 3 aromatic carbocycles. The van der Waals surface area contributed by atoms with Gasteiger partial charge in [-0.1, -0.05) is 60.7 Å². The molecule has 2 heterocycles. The quantitative estimate of drug-likeness (QED) is 0.338. The van der Waals surface area contributed by atoms with Gasteiger partial charge in [-0.2, -0.15) is 0 Å². The van der Waals surface area contributed by atoms with Crippen molar-refractivity contribution in [1.82, 2.24) is 9.97 Å². The van der Waals surface area contributed by atoms with E-state index in [0.717, 1.165) is 21.0 Å². The summed E-state index contributed by atoms with van der Waals surface area (Å²) in [5, 5.41) is 2.15. The molecule has 5 aromatic rings. The lowest BCUT2D eigenvalue weighted by molar-refractivity contribution is 1.39. The number of hydrogen-bond acceptors (Lipinski definition) is 4. The van der Waals surface area contributed by atoms with Crippen LogP contribution >= 0.6 is 22.7 Å². The zero-order valence-corrected chi connectivity index (χ0v) is 16.1. The molecule has 0 radical (unpaired) electrons. The van der Waals surface area contributed by atoms with Gasteiger partial charge in [-0.25, -0.2) is 9.97 Å². The van der Waals surface area contributed by atoms with Gasteiger partial charge in [0.1, 0.15) is 10.0 Å². The Bertz CT molecular complexity index is 1080. The number of nitrogens with zero attached hydrogens (tertiary/aromatic N) is 2. The summed E-state index contributed by atoms with van der Waals surface area (Å²) in [4.78, 5) is 9.92. The number of benzene rings is 3. The predicted molar refractivity (Wildman–Crippen MR) is 113 cm³/mol. The molecule has 0 N–H and O–H groups in total. The minimum atomic E-state index is 1.08. The number of rotatable bonds is 2. The molecule has 2 nitrogen and oxygen atoms in total. The van der Waals surface area contributed by atoms with E-state index in [4.69, 9.17) is 9.97 Å². The Morgan fingerprint density at radius 1 is 0.577 bits per heavy atom. The maximum atomic E-state index is 4.96. The highest BCUT2D eigenvalue weighted by Crippen LogP contribution is 2.41. The number of fused-ring (bicyclic) bond motifs is 2. The SMILES string of the molecule is Cc1c2nc(-c3ccccc3)sc2c(C)c2sc(-c3ccccc3)nc12. The van der Waals surface area contributed by atoms with Crippen molar-refractivity contribution in [2.24, 2.45) is 0 Å². The van der Waals surface area contributed by atoms with Gasteiger partial charge < -0.3 is 0 Å². The largest absolute Gasteiger partial charge is 0.236 e. The second-order valence-electron chi connectivity index (χ2n) is 6.38. The Balaban J connectivity index is 1.76. The summed E-state index contributed by atoms with van der Waals surface area (Å²) in [5.41, 5.74) is 6.99. The van der Waals surface area contributed by atoms with Crippen LogP contribution in [0.25, 0.3) is 41.6 Å². The Morgan fingerprint density at radius 2 is 1.00 bits per heavy atom. The maximum absolute atomic E-state index is 4.96. The van der Waals surface area contributed by atoms with Gasteiger partial charge in [-0.05, 0) is 19.4 Å². The summed E-state index contributed by atoms with van der Waals surface area (Å²) in [6, 6.07) is 20.8. The van der Waals surface area contributed by atoms with Crippen molar-refractivity contribution in [1.29, 1.82) is 0 Å². The number of aryl methyl sites for hydroxylation is 2. The van der Waals surface area contributed by atoms with Crippen LogP contribution in [0.2, 0.25) is 0 Å². The van der Waals surface area contributed by atoms with E-state index in [2.05, 4.69) is 62.4 Å². The molecule has 0 unspecified atom stereocenters. The van der Waals surface area contributed by atoms with Crippen LogP contribution in [0.4, 0.5) is 0 Å². The third kappa shape index (κ3) is 2.37. The van der Waals surface area contributed by atoms with Crippen molar-refractivity contribution < 1.29 is 0 Å². The lowest BCUT2D eigenvalue weighted by Crippen LogP contribution is -1.84. The molecule has 4 heteroatoms. The van der Waals surface area contributed by atoms with Crippen LogP contribution < -0.4 is 0 Å². The monoisotopic (exact) mass is 372 g/mol. The molecule has 0 amide bonds. The molecule has 26 heavy (non-hydrogen) atoms. The first-order chi connectivity index (χ1) is 12.7. The molecule has 5 rings (SSSR count). The molecule has 126 valence electrons. The topological polar surface area (TPSA) is 25.8 Å². The van der Waals surface area contributed by atoms with Crippen molar-refractivity contribution >= 4 is 43.1 Å². The van der Waals surface area contributed by atoms with E-state index in [0.29, 0.717) is 0 Å². The molecule has 0 fully saturated rings. The van der Waals surface area contributed by atoms with Gasteiger partial charge in [0.25, 0.3) is 0 Å². The van der Waals surface area contributed by atoms with Gasteiger partial charge in [0, 0.05) is 16.7 Å². The summed E-state index contributed by atoms with van der Waals surface area (Å²) >= 11 is 3.56. The fourth-order valence-corrected chi connectivity index (χ4v) is 5.61. The lowest BCUT2D eigenvalue weighted by atomic mass is 10.1. The summed E-state index contributed by atoms with van der Waals surface area (Å²) in [7, 11) is 0. The zero-order valence-electron chi connectivity index (χ0n) is 14.5. The van der Waals surface area contributed by atoms with E-state index >= 15 is 0 Å². The Labute approximate surface area is 159 Å². The fourth-order valence-electron chi connectivity index (χ4n) is 3.28. The van der Waals surface area contributed by atoms with Crippen molar-refractivity contribution in [3.8, 4) is 21.1 Å². The molecule has 0 aliphatic rings. The average Bonchev–Trinajstić information content (AvgIpc) is 3.33. The van der Waals surface area contributed by atoms with E-state index in [9.17, 15) is 0 Å². The van der Waals surface area contributed by atoms with Gasteiger partial charge in [-0.15, -0.1) is 22.7 Å². The summed E-state index contributed by atoms with van der Waals surface area (Å²) in [5.74, 6) is 0. The van der Waals surface area contributed by atoms with Crippen LogP contribution in [0, 0.1) is 13.8 Å². The molecule has 0 aliphatic carbocycles. The van der Waals surface area contributed by atoms with Crippen LogP contribution in [0.5, 0.6) is 0 Å². The first-order valence-corrected chi connectivity index (χ1v) is 10.2. The Hall–Kier alpha value is -2.56. The van der Waals surface area contributed by atoms with E-state index in [1.165, 1.54) is 31.7 Å². The second kappa shape index (κ2) is 6.01. The molecule has 0 saturated heterocycles. The summed E-state index contributed by atoms with van der Waals surface area (Å²) in [6.45, 7) is 4.34. The number of hydrogen-bond donors (Lipinski definition) is 0. The van der Waals surface area contributed by atoms with E-state index in [-0.39, 0.29) is 0 Å². The highest BCUT2D eigenvalue weighted by Gasteiger charge is 2.18. The first-order valence-electron chi connectivity index (χ1n) is 8.53. The highest BCUT2D eigenvalue weighted by molar-refractivity contribution is 7.24. The van der Waals surface area contributed by atoms with Gasteiger partial charge in [0.2, 0.25) is 0 Å². The van der Waals surface area contributed by atoms with Gasteiger partial charge >= 0.3 is 0 Å². The van der Waals surface area contributed by atoms with Crippen LogP contribution in [0.1, 0.15) is 11.1 Å². The summed E-state index contributed by atoms with van der Waals surface area (Å²) in [6.07, 6.45) is 0. The van der Waals surface area contributed by atoms with Crippen LogP contribution in [-0.4, -0.2) is 9.97 Å². The lowest BCUT2D eigenvalue weighted by Gasteiger charge is -2.00. The molecular formula is C22H16N2S2. The smallest absolute Gasteiger partial charge is 0.124 e.